The molecule has 27 heavy (non-hydrogen) atoms. The van der Waals surface area contributed by atoms with Crippen LogP contribution in [-0.4, -0.2) is 54.6 Å². The molecule has 1 heterocycles. The summed E-state index contributed by atoms with van der Waals surface area (Å²) >= 11 is 0. The maximum Gasteiger partial charge on any atom is 0.266 e. The number of ether oxygens (including phenoxy) is 1. The van der Waals surface area contributed by atoms with Gasteiger partial charge in [-0.15, -0.1) is 0 Å². The van der Waals surface area contributed by atoms with Crippen LogP contribution >= 0.6 is 0 Å². The molecule has 9 nitrogen and oxygen atoms in total. The van der Waals surface area contributed by atoms with Gasteiger partial charge in [0.15, 0.2) is 14.6 Å². The molecule has 1 aliphatic rings. The zero-order chi connectivity index (χ0) is 20.2. The molecule has 0 atom stereocenters. The van der Waals surface area contributed by atoms with E-state index in [9.17, 15) is 22.8 Å². The van der Waals surface area contributed by atoms with E-state index < -0.39 is 45.1 Å². The lowest BCUT2D eigenvalue weighted by Gasteiger charge is -2.36. The zero-order valence-electron chi connectivity index (χ0n) is 15.1. The molecule has 0 bridgehead atoms. The number of nitrogens with zero attached hydrogens (tertiary/aromatic N) is 1. The van der Waals surface area contributed by atoms with Crippen molar-refractivity contribution >= 4 is 27.6 Å². The van der Waals surface area contributed by atoms with E-state index in [2.05, 4.69) is 0 Å². The van der Waals surface area contributed by atoms with Crippen LogP contribution in [0.2, 0.25) is 0 Å². The lowest BCUT2D eigenvalue weighted by Crippen LogP contribution is -2.60. The number of hydroxylamine groups is 1. The smallest absolute Gasteiger partial charge is 0.266 e. The Morgan fingerprint density at radius 3 is 2.26 bits per heavy atom. The molecule has 1 saturated heterocycles. The largest absolute Gasteiger partial charge is 0.494 e. The van der Waals surface area contributed by atoms with E-state index in [0.717, 1.165) is 17.7 Å². The average Bonchev–Trinajstić information content (AvgIpc) is 2.65. The molecular formula is C17H22N2O7S. The fraction of sp³-hybridized carbons (Fsp3) is 0.471. The molecule has 2 rings (SSSR count). The summed E-state index contributed by atoms with van der Waals surface area (Å²) in [6.07, 6.45) is 0.288. The van der Waals surface area contributed by atoms with Crippen molar-refractivity contribution in [1.82, 2.24) is 10.4 Å². The molecule has 0 unspecified atom stereocenters. The summed E-state index contributed by atoms with van der Waals surface area (Å²) in [4.78, 5) is 36.9. The molecule has 0 aliphatic carbocycles. The first-order valence-electron chi connectivity index (χ1n) is 8.41. The molecule has 0 saturated carbocycles. The highest BCUT2D eigenvalue weighted by Gasteiger charge is 2.57. The number of carbonyl (C=O) groups is 3. The Labute approximate surface area is 157 Å². The van der Waals surface area contributed by atoms with Crippen molar-refractivity contribution in [2.45, 2.75) is 42.2 Å². The highest BCUT2D eigenvalue weighted by atomic mass is 32.2. The van der Waals surface area contributed by atoms with Gasteiger partial charge in [0.25, 0.3) is 5.91 Å². The molecule has 1 aromatic rings. The maximum atomic E-state index is 13.1. The van der Waals surface area contributed by atoms with Gasteiger partial charge in [-0.2, -0.15) is 0 Å². The summed E-state index contributed by atoms with van der Waals surface area (Å²) in [6, 6.07) is 5.37. The number of unbranched alkanes of at least 4 members (excludes halogenated alkanes) is 1. The molecule has 1 fully saturated rings. The van der Waals surface area contributed by atoms with E-state index in [4.69, 9.17) is 9.94 Å². The summed E-state index contributed by atoms with van der Waals surface area (Å²) < 4.78 is 29.3. The van der Waals surface area contributed by atoms with Crippen LogP contribution in [0.5, 0.6) is 5.75 Å². The van der Waals surface area contributed by atoms with E-state index >= 15 is 0 Å². The van der Waals surface area contributed by atoms with Gasteiger partial charge >= 0.3 is 0 Å². The van der Waals surface area contributed by atoms with Crippen LogP contribution in [0.1, 0.15) is 32.6 Å². The second-order valence-electron chi connectivity index (χ2n) is 6.31. The van der Waals surface area contributed by atoms with Gasteiger partial charge in [-0.3, -0.25) is 24.5 Å². The summed E-state index contributed by atoms with van der Waals surface area (Å²) in [5.74, 6) is -2.50. The normalized spacial score (nSPS) is 16.9. The summed E-state index contributed by atoms with van der Waals surface area (Å²) in [6.45, 7) is 2.49. The van der Waals surface area contributed by atoms with Crippen LogP contribution in [0, 0.1) is 0 Å². The van der Waals surface area contributed by atoms with Crippen LogP contribution in [0.4, 0.5) is 0 Å². The molecule has 0 spiro atoms. The van der Waals surface area contributed by atoms with Gasteiger partial charge in [0.1, 0.15) is 5.75 Å². The Morgan fingerprint density at radius 1 is 1.22 bits per heavy atom. The number of likely N-dealkylation sites (tertiary alicyclic amines) is 1. The van der Waals surface area contributed by atoms with Crippen LogP contribution in [0.15, 0.2) is 29.2 Å². The van der Waals surface area contributed by atoms with E-state index in [0.29, 0.717) is 12.4 Å². The Morgan fingerprint density at radius 2 is 1.78 bits per heavy atom. The molecule has 0 aromatic heterocycles. The molecular weight excluding hydrogens is 376 g/mol. The third-order valence-corrected chi connectivity index (χ3v) is 6.95. The molecule has 1 aliphatic heterocycles. The van der Waals surface area contributed by atoms with E-state index in [1.54, 1.807) is 0 Å². The minimum atomic E-state index is -4.46. The van der Waals surface area contributed by atoms with Gasteiger partial charge < -0.3 is 4.74 Å². The number of sulfone groups is 1. The number of hydrogen-bond acceptors (Lipinski definition) is 7. The number of rotatable bonds is 7. The second kappa shape index (κ2) is 8.05. The van der Waals surface area contributed by atoms with E-state index in [1.165, 1.54) is 36.8 Å². The highest BCUT2D eigenvalue weighted by molar-refractivity contribution is 7.93. The monoisotopic (exact) mass is 398 g/mol. The molecule has 2 N–H and O–H groups in total. The fourth-order valence-electron chi connectivity index (χ4n) is 2.78. The lowest BCUT2D eigenvalue weighted by molar-refractivity contribution is -0.151. The minimum Gasteiger partial charge on any atom is -0.494 e. The van der Waals surface area contributed by atoms with Crippen molar-refractivity contribution in [1.29, 1.82) is 0 Å². The molecule has 10 heteroatoms. The van der Waals surface area contributed by atoms with Crippen molar-refractivity contribution in [2.24, 2.45) is 0 Å². The summed E-state index contributed by atoms with van der Waals surface area (Å²) in [7, 11) is -3.25. The SMILES string of the molecule is CCCCOc1ccc(S(=O)(=O)C2(C(=O)NO)CC(=O)N(C)C(=O)C2)cc1. The van der Waals surface area contributed by atoms with Gasteiger partial charge in [-0.05, 0) is 30.7 Å². The summed E-state index contributed by atoms with van der Waals surface area (Å²) in [5, 5.41) is 9.05. The number of carbonyl (C=O) groups excluding carboxylic acids is 3. The van der Waals surface area contributed by atoms with Crippen molar-refractivity contribution in [3.8, 4) is 5.75 Å². The molecule has 148 valence electrons. The van der Waals surface area contributed by atoms with Gasteiger partial charge in [-0.25, -0.2) is 13.9 Å². The number of nitrogens with one attached hydrogen (secondary N) is 1. The van der Waals surface area contributed by atoms with E-state index in [1.807, 2.05) is 6.92 Å². The van der Waals surface area contributed by atoms with Crippen LogP contribution < -0.4 is 10.2 Å². The van der Waals surface area contributed by atoms with Crippen LogP contribution in [0.3, 0.4) is 0 Å². The van der Waals surface area contributed by atoms with Crippen molar-refractivity contribution in [3.05, 3.63) is 24.3 Å². The molecule has 0 radical (unpaired) electrons. The van der Waals surface area contributed by atoms with Gasteiger partial charge in [-0.1, -0.05) is 13.3 Å². The number of piperidine rings is 1. The quantitative estimate of drug-likeness (QED) is 0.299. The number of benzene rings is 1. The fourth-order valence-corrected chi connectivity index (χ4v) is 4.64. The molecule has 1 aromatic carbocycles. The van der Waals surface area contributed by atoms with Crippen LogP contribution in [0.25, 0.3) is 0 Å². The Hall–Kier alpha value is -2.46. The first-order chi connectivity index (χ1) is 12.7. The average molecular weight is 398 g/mol. The van der Waals surface area contributed by atoms with Gasteiger partial charge in [0.05, 0.1) is 24.3 Å². The predicted octanol–water partition coefficient (Wildman–Crippen LogP) is 0.662. The van der Waals surface area contributed by atoms with Crippen molar-refractivity contribution < 1.29 is 32.7 Å². The molecule has 3 amide bonds. The second-order valence-corrected chi connectivity index (χ2v) is 8.57. The standard InChI is InChI=1S/C17H22N2O7S/c1-3-4-9-26-12-5-7-13(8-6-12)27(24,25)17(16(22)18-23)10-14(20)19(2)15(21)11-17/h5-8,23H,3-4,9-11H2,1-2H3,(H,18,22). The Bertz CT molecular complexity index is 815. The van der Waals surface area contributed by atoms with Gasteiger partial charge in [0, 0.05) is 7.05 Å². The lowest BCUT2D eigenvalue weighted by atomic mass is 9.94. The Kier molecular flexibility index (Phi) is 6.22. The minimum absolute atomic E-state index is 0.251. The number of imide groups is 1. The Balaban J connectivity index is 2.42. The van der Waals surface area contributed by atoms with Crippen molar-refractivity contribution in [2.75, 3.05) is 13.7 Å². The van der Waals surface area contributed by atoms with Crippen LogP contribution in [-0.2, 0) is 24.2 Å². The number of amides is 3. The third-order valence-electron chi connectivity index (χ3n) is 4.55. The number of hydrogen-bond donors (Lipinski definition) is 2. The first kappa shape index (κ1) is 20.8. The predicted molar refractivity (Wildman–Crippen MR) is 93.7 cm³/mol. The van der Waals surface area contributed by atoms with Crippen molar-refractivity contribution in [3.63, 3.8) is 0 Å². The summed E-state index contributed by atoms with van der Waals surface area (Å²) in [5.41, 5.74) is 1.29. The maximum absolute atomic E-state index is 13.1. The van der Waals surface area contributed by atoms with E-state index in [-0.39, 0.29) is 4.90 Å². The van der Waals surface area contributed by atoms with Gasteiger partial charge in [0.2, 0.25) is 11.8 Å². The first-order valence-corrected chi connectivity index (χ1v) is 9.89. The zero-order valence-corrected chi connectivity index (χ0v) is 15.9. The topological polar surface area (TPSA) is 130 Å². The third kappa shape index (κ3) is 3.81. The highest BCUT2D eigenvalue weighted by Crippen LogP contribution is 2.37.